The summed E-state index contributed by atoms with van der Waals surface area (Å²) in [4.78, 5) is 15.1. The number of ether oxygens (including phenoxy) is 1. The Morgan fingerprint density at radius 3 is 2.86 bits per heavy atom. The van der Waals surface area contributed by atoms with E-state index >= 15 is 0 Å². The number of fused-ring (bicyclic) bond motifs is 1. The largest absolute Gasteiger partial charge is 0.461 e. The lowest BCUT2D eigenvalue weighted by molar-refractivity contribution is -0.144. The fourth-order valence-corrected chi connectivity index (χ4v) is 2.65. The molecule has 0 atom stereocenters. The van der Waals surface area contributed by atoms with Crippen LogP contribution in [0, 0.1) is 0 Å². The molecule has 3 aromatic rings. The zero-order valence-corrected chi connectivity index (χ0v) is 12.8. The zero-order chi connectivity index (χ0) is 15.4. The first-order chi connectivity index (χ1) is 10.7. The third kappa shape index (κ3) is 3.49. The van der Waals surface area contributed by atoms with Crippen molar-refractivity contribution in [1.29, 1.82) is 0 Å². The van der Waals surface area contributed by atoms with Crippen molar-refractivity contribution in [1.82, 2.24) is 4.98 Å². The molecule has 4 heteroatoms. The van der Waals surface area contributed by atoms with Gasteiger partial charge in [-0.25, -0.2) is 0 Å². The Morgan fingerprint density at radius 2 is 2.00 bits per heavy atom. The number of hydrogen-bond donors (Lipinski definition) is 1. The quantitative estimate of drug-likeness (QED) is 0.705. The number of para-hydroxylation sites is 1. The molecule has 0 aliphatic carbocycles. The third-order valence-corrected chi connectivity index (χ3v) is 3.80. The molecule has 0 aliphatic rings. The van der Waals surface area contributed by atoms with Gasteiger partial charge in [0, 0.05) is 28.5 Å². The van der Waals surface area contributed by atoms with Gasteiger partial charge in [-0.3, -0.25) is 4.79 Å². The van der Waals surface area contributed by atoms with Crippen molar-refractivity contribution in [2.75, 3.05) is 0 Å². The predicted octanol–water partition coefficient (Wildman–Crippen LogP) is 4.50. The van der Waals surface area contributed by atoms with Crippen molar-refractivity contribution in [2.45, 2.75) is 19.4 Å². The van der Waals surface area contributed by atoms with E-state index in [0.717, 1.165) is 22.0 Å². The Balaban J connectivity index is 1.54. The van der Waals surface area contributed by atoms with E-state index in [-0.39, 0.29) is 12.6 Å². The highest BCUT2D eigenvalue weighted by Crippen LogP contribution is 2.19. The molecule has 0 radical (unpaired) electrons. The Labute approximate surface area is 133 Å². The van der Waals surface area contributed by atoms with Crippen LogP contribution in [0.15, 0.2) is 54.7 Å². The molecule has 3 nitrogen and oxygen atoms in total. The van der Waals surface area contributed by atoms with E-state index in [1.807, 2.05) is 36.5 Å². The van der Waals surface area contributed by atoms with Gasteiger partial charge in [0.2, 0.25) is 0 Å². The van der Waals surface area contributed by atoms with Crippen LogP contribution >= 0.6 is 11.6 Å². The molecule has 2 aromatic carbocycles. The number of carbonyl (C=O) groups excluding carboxylic acids is 1. The predicted molar refractivity (Wildman–Crippen MR) is 87.9 cm³/mol. The van der Waals surface area contributed by atoms with Gasteiger partial charge >= 0.3 is 5.97 Å². The molecule has 0 unspecified atom stereocenters. The highest BCUT2D eigenvalue weighted by atomic mass is 35.5. The van der Waals surface area contributed by atoms with Crippen molar-refractivity contribution in [3.8, 4) is 0 Å². The number of rotatable bonds is 5. The molecule has 0 saturated carbocycles. The van der Waals surface area contributed by atoms with Crippen molar-refractivity contribution in [3.05, 3.63) is 70.9 Å². The van der Waals surface area contributed by atoms with Crippen LogP contribution in [0.4, 0.5) is 0 Å². The summed E-state index contributed by atoms with van der Waals surface area (Å²) in [6, 6.07) is 15.4. The Bertz CT molecular complexity index is 794. The maximum absolute atomic E-state index is 11.9. The number of aromatic nitrogens is 1. The van der Waals surface area contributed by atoms with Gasteiger partial charge in [0.05, 0.1) is 0 Å². The summed E-state index contributed by atoms with van der Waals surface area (Å²) in [7, 11) is 0. The molecule has 0 bridgehead atoms. The molecule has 1 aromatic heterocycles. The number of nitrogens with one attached hydrogen (secondary N) is 1. The summed E-state index contributed by atoms with van der Waals surface area (Å²) in [5.74, 6) is -0.203. The monoisotopic (exact) mass is 313 g/mol. The van der Waals surface area contributed by atoms with E-state index in [1.165, 1.54) is 0 Å². The second kappa shape index (κ2) is 6.67. The Morgan fingerprint density at radius 1 is 1.14 bits per heavy atom. The van der Waals surface area contributed by atoms with Crippen molar-refractivity contribution >= 4 is 28.5 Å². The van der Waals surface area contributed by atoms with Gasteiger partial charge in [-0.2, -0.15) is 0 Å². The molecule has 0 amide bonds. The van der Waals surface area contributed by atoms with Gasteiger partial charge in [-0.05, 0) is 35.7 Å². The summed E-state index contributed by atoms with van der Waals surface area (Å²) in [6.45, 7) is 0.257. The number of halogens is 1. The molecule has 1 heterocycles. The Hall–Kier alpha value is -2.26. The highest BCUT2D eigenvalue weighted by molar-refractivity contribution is 6.30. The average Bonchev–Trinajstić information content (AvgIpc) is 2.94. The van der Waals surface area contributed by atoms with E-state index in [0.29, 0.717) is 17.9 Å². The number of aryl methyl sites for hydroxylation is 1. The van der Waals surface area contributed by atoms with Crippen LogP contribution in [0.1, 0.15) is 17.5 Å². The number of hydrogen-bond acceptors (Lipinski definition) is 2. The number of esters is 1. The standard InChI is InChI=1S/C18H16ClNO2/c19-15-5-3-4-13(10-15)12-22-18(21)9-8-14-11-20-17-7-2-1-6-16(14)17/h1-7,10-11,20H,8-9,12H2. The molecule has 1 N–H and O–H groups in total. The fourth-order valence-electron chi connectivity index (χ4n) is 2.44. The SMILES string of the molecule is O=C(CCc1c[nH]c2ccccc12)OCc1cccc(Cl)c1. The van der Waals surface area contributed by atoms with E-state index in [4.69, 9.17) is 16.3 Å². The fraction of sp³-hybridized carbons (Fsp3) is 0.167. The topological polar surface area (TPSA) is 42.1 Å². The van der Waals surface area contributed by atoms with Crippen LogP contribution in [-0.2, 0) is 22.6 Å². The van der Waals surface area contributed by atoms with E-state index < -0.39 is 0 Å². The van der Waals surface area contributed by atoms with Crippen molar-refractivity contribution in [2.24, 2.45) is 0 Å². The summed E-state index contributed by atoms with van der Waals surface area (Å²) in [5.41, 5.74) is 3.12. The number of benzene rings is 2. The molecular weight excluding hydrogens is 298 g/mol. The first-order valence-corrected chi connectivity index (χ1v) is 7.55. The maximum Gasteiger partial charge on any atom is 0.306 e. The molecule has 0 fully saturated rings. The molecular formula is C18H16ClNO2. The van der Waals surface area contributed by atoms with Gasteiger partial charge < -0.3 is 9.72 Å². The average molecular weight is 314 g/mol. The molecule has 0 aliphatic heterocycles. The summed E-state index contributed by atoms with van der Waals surface area (Å²) < 4.78 is 5.29. The molecule has 0 spiro atoms. The smallest absolute Gasteiger partial charge is 0.306 e. The van der Waals surface area contributed by atoms with Gasteiger partial charge in [-0.15, -0.1) is 0 Å². The van der Waals surface area contributed by atoms with Crippen LogP contribution in [-0.4, -0.2) is 11.0 Å². The van der Waals surface area contributed by atoms with Crippen molar-refractivity contribution < 1.29 is 9.53 Å². The molecule has 0 saturated heterocycles. The minimum absolute atomic E-state index is 0.203. The lowest BCUT2D eigenvalue weighted by Gasteiger charge is -2.05. The highest BCUT2D eigenvalue weighted by Gasteiger charge is 2.08. The summed E-state index contributed by atoms with van der Waals surface area (Å²) >= 11 is 5.90. The molecule has 22 heavy (non-hydrogen) atoms. The van der Waals surface area contributed by atoms with Gasteiger partial charge in [0.1, 0.15) is 6.61 Å². The minimum Gasteiger partial charge on any atom is -0.461 e. The van der Waals surface area contributed by atoms with Crippen LogP contribution in [0.3, 0.4) is 0 Å². The van der Waals surface area contributed by atoms with E-state index in [1.54, 1.807) is 12.1 Å². The zero-order valence-electron chi connectivity index (χ0n) is 12.0. The number of H-pyrrole nitrogens is 1. The van der Waals surface area contributed by atoms with Crippen LogP contribution < -0.4 is 0 Å². The Kier molecular flexibility index (Phi) is 4.45. The first kappa shape index (κ1) is 14.7. The summed E-state index contributed by atoms with van der Waals surface area (Å²) in [5, 5.41) is 1.80. The van der Waals surface area contributed by atoms with Crippen LogP contribution in [0.2, 0.25) is 5.02 Å². The van der Waals surface area contributed by atoms with Gasteiger partial charge in [-0.1, -0.05) is 41.9 Å². The van der Waals surface area contributed by atoms with E-state index in [2.05, 4.69) is 11.1 Å². The first-order valence-electron chi connectivity index (χ1n) is 7.17. The second-order valence-electron chi connectivity index (χ2n) is 5.15. The van der Waals surface area contributed by atoms with Gasteiger partial charge in [0.25, 0.3) is 0 Å². The summed E-state index contributed by atoms with van der Waals surface area (Å²) in [6.07, 6.45) is 2.98. The lowest BCUT2D eigenvalue weighted by Crippen LogP contribution is -2.05. The normalized spacial score (nSPS) is 10.8. The third-order valence-electron chi connectivity index (χ3n) is 3.56. The number of carbonyl (C=O) groups is 1. The molecule has 3 rings (SSSR count). The number of aromatic amines is 1. The second-order valence-corrected chi connectivity index (χ2v) is 5.59. The lowest BCUT2D eigenvalue weighted by atomic mass is 10.1. The van der Waals surface area contributed by atoms with Gasteiger partial charge in [0.15, 0.2) is 0 Å². The molecule has 112 valence electrons. The van der Waals surface area contributed by atoms with Crippen molar-refractivity contribution in [3.63, 3.8) is 0 Å². The van der Waals surface area contributed by atoms with E-state index in [9.17, 15) is 4.79 Å². The van der Waals surface area contributed by atoms with Crippen LogP contribution in [0.25, 0.3) is 10.9 Å². The van der Waals surface area contributed by atoms with Crippen LogP contribution in [0.5, 0.6) is 0 Å². The maximum atomic E-state index is 11.9. The minimum atomic E-state index is -0.203.